The molecule has 1 aromatic carbocycles. The van der Waals surface area contributed by atoms with Crippen LogP contribution in [0, 0.1) is 10.1 Å². The second kappa shape index (κ2) is 3.14. The molecule has 0 amide bonds. The molecule has 1 aromatic rings. The summed E-state index contributed by atoms with van der Waals surface area (Å²) in [5.74, 6) is 0.700. The van der Waals surface area contributed by atoms with E-state index >= 15 is 0 Å². The van der Waals surface area contributed by atoms with E-state index in [0.29, 0.717) is 5.75 Å². The fraction of sp³-hybridized carbons (Fsp3) is 0.200. The standard InChI is InChI=1S/C10H9NO3/c1-7-2-3-8-6-9(11(12)13)4-5-10(8)14-7/h2-7H,1H3. The monoisotopic (exact) mass is 191 g/mol. The molecule has 4 heteroatoms. The molecule has 1 aliphatic rings. The van der Waals surface area contributed by atoms with Gasteiger partial charge in [0, 0.05) is 17.7 Å². The number of hydrogen-bond acceptors (Lipinski definition) is 3. The van der Waals surface area contributed by atoms with Crippen LogP contribution in [0.25, 0.3) is 6.08 Å². The maximum absolute atomic E-state index is 10.5. The van der Waals surface area contributed by atoms with Gasteiger partial charge in [-0.1, -0.05) is 6.08 Å². The van der Waals surface area contributed by atoms with Crippen molar-refractivity contribution < 1.29 is 9.66 Å². The van der Waals surface area contributed by atoms with Crippen LogP contribution >= 0.6 is 0 Å². The fourth-order valence-corrected chi connectivity index (χ4v) is 1.37. The summed E-state index contributed by atoms with van der Waals surface area (Å²) in [6, 6.07) is 4.59. The van der Waals surface area contributed by atoms with Gasteiger partial charge in [-0.05, 0) is 19.1 Å². The second-order valence-corrected chi connectivity index (χ2v) is 3.16. The van der Waals surface area contributed by atoms with Crippen molar-refractivity contribution >= 4 is 11.8 Å². The van der Waals surface area contributed by atoms with Gasteiger partial charge in [0.25, 0.3) is 5.69 Å². The number of nitrogens with zero attached hydrogens (tertiary/aromatic N) is 1. The molecule has 1 aliphatic heterocycles. The molecule has 0 radical (unpaired) electrons. The van der Waals surface area contributed by atoms with Gasteiger partial charge in [0.15, 0.2) is 0 Å². The van der Waals surface area contributed by atoms with E-state index in [1.165, 1.54) is 12.1 Å². The average molecular weight is 191 g/mol. The molecule has 0 saturated heterocycles. The van der Waals surface area contributed by atoms with Gasteiger partial charge in [0.1, 0.15) is 11.9 Å². The van der Waals surface area contributed by atoms with Gasteiger partial charge in [-0.25, -0.2) is 0 Å². The lowest BCUT2D eigenvalue weighted by molar-refractivity contribution is -0.384. The Kier molecular flexibility index (Phi) is 1.96. The summed E-state index contributed by atoms with van der Waals surface area (Å²) in [6.07, 6.45) is 3.74. The van der Waals surface area contributed by atoms with E-state index in [4.69, 9.17) is 4.74 Å². The van der Waals surface area contributed by atoms with E-state index in [9.17, 15) is 10.1 Å². The van der Waals surface area contributed by atoms with Crippen LogP contribution in [0.3, 0.4) is 0 Å². The van der Waals surface area contributed by atoms with Crippen LogP contribution in [0.1, 0.15) is 12.5 Å². The highest BCUT2D eigenvalue weighted by molar-refractivity contribution is 5.63. The second-order valence-electron chi connectivity index (χ2n) is 3.16. The van der Waals surface area contributed by atoms with E-state index in [2.05, 4.69) is 0 Å². The molecule has 0 N–H and O–H groups in total. The van der Waals surface area contributed by atoms with Crippen LogP contribution in [-0.2, 0) is 0 Å². The van der Waals surface area contributed by atoms with Gasteiger partial charge in [-0.3, -0.25) is 10.1 Å². The summed E-state index contributed by atoms with van der Waals surface area (Å²) < 4.78 is 5.46. The number of nitro groups is 1. The zero-order valence-corrected chi connectivity index (χ0v) is 7.64. The molecule has 0 aromatic heterocycles. The van der Waals surface area contributed by atoms with Gasteiger partial charge in [0.05, 0.1) is 4.92 Å². The number of benzene rings is 1. The van der Waals surface area contributed by atoms with E-state index < -0.39 is 4.92 Å². The minimum absolute atomic E-state index is 0.0314. The molecule has 4 nitrogen and oxygen atoms in total. The average Bonchev–Trinajstić information content (AvgIpc) is 2.16. The van der Waals surface area contributed by atoms with Crippen molar-refractivity contribution in [1.29, 1.82) is 0 Å². The number of nitro benzene ring substituents is 1. The number of fused-ring (bicyclic) bond motifs is 1. The molecule has 2 rings (SSSR count). The van der Waals surface area contributed by atoms with Gasteiger partial charge in [-0.15, -0.1) is 0 Å². The number of hydrogen-bond donors (Lipinski definition) is 0. The van der Waals surface area contributed by atoms with Crippen molar-refractivity contribution in [2.75, 3.05) is 0 Å². The molecule has 0 saturated carbocycles. The first-order valence-electron chi connectivity index (χ1n) is 4.30. The van der Waals surface area contributed by atoms with E-state index in [0.717, 1.165) is 5.56 Å². The highest BCUT2D eigenvalue weighted by Gasteiger charge is 2.14. The summed E-state index contributed by atoms with van der Waals surface area (Å²) >= 11 is 0. The first-order chi connectivity index (χ1) is 6.66. The molecule has 0 fully saturated rings. The molecule has 14 heavy (non-hydrogen) atoms. The van der Waals surface area contributed by atoms with Crippen molar-refractivity contribution in [3.05, 3.63) is 40.0 Å². The van der Waals surface area contributed by atoms with Crippen molar-refractivity contribution in [2.24, 2.45) is 0 Å². The molecule has 0 bridgehead atoms. The Balaban J connectivity index is 2.44. The minimum Gasteiger partial charge on any atom is -0.486 e. The highest BCUT2D eigenvalue weighted by atomic mass is 16.6. The van der Waals surface area contributed by atoms with E-state index in [1.54, 1.807) is 6.07 Å². The van der Waals surface area contributed by atoms with Crippen LogP contribution in [0.5, 0.6) is 5.75 Å². The zero-order chi connectivity index (χ0) is 10.1. The summed E-state index contributed by atoms with van der Waals surface area (Å²) in [5, 5.41) is 10.5. The van der Waals surface area contributed by atoms with Crippen molar-refractivity contribution in [1.82, 2.24) is 0 Å². The van der Waals surface area contributed by atoms with Crippen LogP contribution < -0.4 is 4.74 Å². The first-order valence-corrected chi connectivity index (χ1v) is 4.30. The Morgan fingerprint density at radius 3 is 3.00 bits per heavy atom. The quantitative estimate of drug-likeness (QED) is 0.505. The van der Waals surface area contributed by atoms with Gasteiger partial charge in [-0.2, -0.15) is 0 Å². The molecule has 72 valence electrons. The molecule has 0 spiro atoms. The van der Waals surface area contributed by atoms with Crippen molar-refractivity contribution in [3.8, 4) is 5.75 Å². The van der Waals surface area contributed by atoms with E-state index in [-0.39, 0.29) is 11.8 Å². The Labute approximate surface area is 81.0 Å². The SMILES string of the molecule is CC1C=Cc2cc([N+](=O)[O-])ccc2O1. The van der Waals surface area contributed by atoms with Crippen LogP contribution in [0.2, 0.25) is 0 Å². The smallest absolute Gasteiger partial charge is 0.270 e. The Hall–Kier alpha value is -1.84. The van der Waals surface area contributed by atoms with E-state index in [1.807, 2.05) is 19.1 Å². The summed E-state index contributed by atoms with van der Waals surface area (Å²) in [5.41, 5.74) is 0.851. The normalized spacial score (nSPS) is 18.5. The van der Waals surface area contributed by atoms with Gasteiger partial charge in [0.2, 0.25) is 0 Å². The predicted octanol–water partition coefficient (Wildman–Crippen LogP) is 2.39. The largest absolute Gasteiger partial charge is 0.486 e. The molecule has 1 heterocycles. The van der Waals surface area contributed by atoms with Crippen molar-refractivity contribution in [2.45, 2.75) is 13.0 Å². The number of non-ortho nitro benzene ring substituents is 1. The Bertz CT molecular complexity index is 412. The molecular weight excluding hydrogens is 182 g/mol. The summed E-state index contributed by atoms with van der Waals surface area (Å²) in [6.45, 7) is 1.92. The third-order valence-electron chi connectivity index (χ3n) is 2.06. The maximum Gasteiger partial charge on any atom is 0.270 e. The fourth-order valence-electron chi connectivity index (χ4n) is 1.37. The lowest BCUT2D eigenvalue weighted by Gasteiger charge is -2.17. The lowest BCUT2D eigenvalue weighted by Crippen LogP contribution is -2.11. The maximum atomic E-state index is 10.5. The molecular formula is C10H9NO3. The Morgan fingerprint density at radius 2 is 2.29 bits per heavy atom. The molecule has 1 atom stereocenters. The Morgan fingerprint density at radius 1 is 1.50 bits per heavy atom. The van der Waals surface area contributed by atoms with Gasteiger partial charge >= 0.3 is 0 Å². The third-order valence-corrected chi connectivity index (χ3v) is 2.06. The van der Waals surface area contributed by atoms with Crippen LogP contribution in [0.4, 0.5) is 5.69 Å². The third kappa shape index (κ3) is 1.46. The first kappa shape index (κ1) is 8.74. The molecule has 1 unspecified atom stereocenters. The van der Waals surface area contributed by atoms with Gasteiger partial charge < -0.3 is 4.74 Å². The number of ether oxygens (including phenoxy) is 1. The minimum atomic E-state index is -0.411. The van der Waals surface area contributed by atoms with Crippen molar-refractivity contribution in [3.63, 3.8) is 0 Å². The van der Waals surface area contributed by atoms with Crippen LogP contribution in [-0.4, -0.2) is 11.0 Å². The summed E-state index contributed by atoms with van der Waals surface area (Å²) in [7, 11) is 0. The topological polar surface area (TPSA) is 52.4 Å². The zero-order valence-electron chi connectivity index (χ0n) is 7.64. The predicted molar refractivity (Wildman–Crippen MR) is 52.2 cm³/mol. The highest BCUT2D eigenvalue weighted by Crippen LogP contribution is 2.29. The summed E-state index contributed by atoms with van der Waals surface area (Å²) in [4.78, 5) is 10.1. The van der Waals surface area contributed by atoms with Crippen LogP contribution in [0.15, 0.2) is 24.3 Å². The molecule has 0 aliphatic carbocycles. The number of rotatable bonds is 1. The lowest BCUT2D eigenvalue weighted by atomic mass is 10.1.